The lowest BCUT2D eigenvalue weighted by Gasteiger charge is -1.98. The van der Waals surface area contributed by atoms with Gasteiger partial charge >= 0.3 is 0 Å². The van der Waals surface area contributed by atoms with Crippen LogP contribution in [0.25, 0.3) is 10.9 Å². The molecule has 0 aliphatic carbocycles. The quantitative estimate of drug-likeness (QED) is 0.596. The van der Waals surface area contributed by atoms with E-state index in [0.29, 0.717) is 5.02 Å². The van der Waals surface area contributed by atoms with Gasteiger partial charge in [0.25, 0.3) is 0 Å². The Kier molecular flexibility index (Phi) is 3.33. The number of fused-ring (bicyclic) bond motifs is 1. The zero-order chi connectivity index (χ0) is 14.1. The number of nitrogens with zero attached hydrogens (tertiary/aromatic N) is 2. The third-order valence-corrected chi connectivity index (χ3v) is 3.95. The van der Waals surface area contributed by atoms with E-state index in [1.54, 1.807) is 0 Å². The highest BCUT2D eigenvalue weighted by atomic mass is 35.5. The number of aryl methyl sites for hydroxylation is 1. The summed E-state index contributed by atoms with van der Waals surface area (Å²) in [6.45, 7) is 2.11. The molecule has 0 bridgehead atoms. The molecule has 0 spiro atoms. The maximum atomic E-state index is 6.13. The van der Waals surface area contributed by atoms with Crippen molar-refractivity contribution in [3.8, 4) is 0 Å². The minimum atomic E-state index is 0.668. The summed E-state index contributed by atoms with van der Waals surface area (Å²) >= 11 is 6.13. The molecule has 0 N–H and O–H groups in total. The van der Waals surface area contributed by atoms with E-state index < -0.39 is 0 Å². The highest BCUT2D eigenvalue weighted by Crippen LogP contribution is 2.26. The maximum absolute atomic E-state index is 6.13. The summed E-state index contributed by atoms with van der Waals surface area (Å²) in [5.41, 5.74) is 4.34. The van der Waals surface area contributed by atoms with E-state index in [1.807, 2.05) is 30.5 Å². The predicted octanol–water partition coefficient (Wildman–Crippen LogP) is 4.89. The van der Waals surface area contributed by atoms with Crippen LogP contribution in [0.1, 0.15) is 11.3 Å². The van der Waals surface area contributed by atoms with Crippen molar-refractivity contribution in [3.05, 3.63) is 64.8 Å². The Bertz CT molecular complexity index is 800. The van der Waals surface area contributed by atoms with E-state index in [-0.39, 0.29) is 0 Å². The number of halogens is 1. The van der Waals surface area contributed by atoms with Gasteiger partial charge in [-0.05, 0) is 25.1 Å². The lowest BCUT2D eigenvalue weighted by molar-refractivity contribution is 0.917. The van der Waals surface area contributed by atoms with Gasteiger partial charge in [-0.2, -0.15) is 0 Å². The predicted molar refractivity (Wildman–Crippen MR) is 86.4 cm³/mol. The first kappa shape index (κ1) is 12.9. The van der Waals surface area contributed by atoms with E-state index in [2.05, 4.69) is 47.8 Å². The Morgan fingerprint density at radius 2 is 1.75 bits per heavy atom. The molecule has 3 heteroatoms. The average molecular weight is 283 g/mol. The molecule has 0 aliphatic rings. The van der Waals surface area contributed by atoms with Crippen molar-refractivity contribution in [2.45, 2.75) is 6.92 Å². The van der Waals surface area contributed by atoms with Gasteiger partial charge in [0.15, 0.2) is 0 Å². The van der Waals surface area contributed by atoms with Crippen LogP contribution in [0.5, 0.6) is 0 Å². The van der Waals surface area contributed by atoms with Gasteiger partial charge < -0.3 is 4.57 Å². The van der Waals surface area contributed by atoms with Gasteiger partial charge in [0, 0.05) is 35.4 Å². The fourth-order valence-electron chi connectivity index (χ4n) is 2.40. The first-order valence-corrected chi connectivity index (χ1v) is 6.89. The van der Waals surface area contributed by atoms with Gasteiger partial charge in [-0.3, -0.25) is 4.99 Å². The molecule has 1 aromatic heterocycles. The Morgan fingerprint density at radius 3 is 2.55 bits per heavy atom. The second kappa shape index (κ2) is 5.14. The largest absolute Gasteiger partial charge is 0.347 e. The molecule has 0 saturated carbocycles. The van der Waals surface area contributed by atoms with E-state index >= 15 is 0 Å². The lowest BCUT2D eigenvalue weighted by atomic mass is 10.1. The Labute approximate surface area is 123 Å². The van der Waals surface area contributed by atoms with Crippen LogP contribution in [0, 0.1) is 6.92 Å². The number of para-hydroxylation sites is 2. The standard InChI is InChI=1S/C17H15ClN2/c1-12-14(11-19-16-9-5-4-8-15(16)18)13-7-3-6-10-17(13)20(12)2/h3-11H,1-2H3. The molecule has 100 valence electrons. The van der Waals surface area contributed by atoms with Crippen molar-refractivity contribution in [3.63, 3.8) is 0 Å². The fraction of sp³-hybridized carbons (Fsp3) is 0.118. The number of hydrogen-bond donors (Lipinski definition) is 0. The SMILES string of the molecule is Cc1c(C=Nc2ccccc2Cl)c2ccccc2n1C. The molecule has 2 aromatic carbocycles. The van der Waals surface area contributed by atoms with Gasteiger partial charge in [0.2, 0.25) is 0 Å². The van der Waals surface area contributed by atoms with Gasteiger partial charge in [0.1, 0.15) is 0 Å². The monoisotopic (exact) mass is 282 g/mol. The van der Waals surface area contributed by atoms with Crippen molar-refractivity contribution in [2.75, 3.05) is 0 Å². The molecule has 0 radical (unpaired) electrons. The highest BCUT2D eigenvalue weighted by molar-refractivity contribution is 6.33. The van der Waals surface area contributed by atoms with E-state index in [9.17, 15) is 0 Å². The van der Waals surface area contributed by atoms with E-state index in [0.717, 1.165) is 11.3 Å². The number of benzene rings is 2. The van der Waals surface area contributed by atoms with Gasteiger partial charge in [-0.15, -0.1) is 0 Å². The molecule has 0 unspecified atom stereocenters. The third kappa shape index (κ3) is 2.12. The lowest BCUT2D eigenvalue weighted by Crippen LogP contribution is -1.91. The zero-order valence-corrected chi connectivity index (χ0v) is 12.2. The molecule has 2 nitrogen and oxygen atoms in total. The van der Waals surface area contributed by atoms with Crippen molar-refractivity contribution in [2.24, 2.45) is 12.0 Å². The van der Waals surface area contributed by atoms with Crippen LogP contribution in [-0.2, 0) is 7.05 Å². The van der Waals surface area contributed by atoms with Gasteiger partial charge in [-0.25, -0.2) is 0 Å². The first-order chi connectivity index (χ1) is 9.68. The van der Waals surface area contributed by atoms with Crippen molar-refractivity contribution >= 4 is 34.4 Å². The van der Waals surface area contributed by atoms with Crippen LogP contribution in [0.4, 0.5) is 5.69 Å². The van der Waals surface area contributed by atoms with E-state index in [4.69, 9.17) is 11.6 Å². The molecule has 3 aromatic rings. The summed E-state index contributed by atoms with van der Waals surface area (Å²) in [6, 6.07) is 16.0. The zero-order valence-electron chi connectivity index (χ0n) is 11.5. The minimum Gasteiger partial charge on any atom is -0.347 e. The van der Waals surface area contributed by atoms with Gasteiger partial charge in [-0.1, -0.05) is 41.9 Å². The summed E-state index contributed by atoms with van der Waals surface area (Å²) in [6.07, 6.45) is 1.90. The molecule has 0 saturated heterocycles. The molecular formula is C17H15ClN2. The van der Waals surface area contributed by atoms with Crippen molar-refractivity contribution < 1.29 is 0 Å². The van der Waals surface area contributed by atoms with Crippen LogP contribution in [-0.4, -0.2) is 10.8 Å². The summed E-state index contributed by atoms with van der Waals surface area (Å²) in [4.78, 5) is 4.53. The normalized spacial score (nSPS) is 11.6. The maximum Gasteiger partial charge on any atom is 0.0816 e. The molecular weight excluding hydrogens is 268 g/mol. The first-order valence-electron chi connectivity index (χ1n) is 6.51. The van der Waals surface area contributed by atoms with Crippen LogP contribution in [0.2, 0.25) is 5.02 Å². The summed E-state index contributed by atoms with van der Waals surface area (Å²) in [5.74, 6) is 0. The Hall–Kier alpha value is -2.06. The number of rotatable bonds is 2. The molecule has 0 fully saturated rings. The number of aliphatic imine (C=N–C) groups is 1. The Balaban J connectivity index is 2.12. The molecule has 0 amide bonds. The van der Waals surface area contributed by atoms with E-state index in [1.165, 1.54) is 16.6 Å². The fourth-order valence-corrected chi connectivity index (χ4v) is 2.59. The number of aromatic nitrogens is 1. The van der Waals surface area contributed by atoms with Gasteiger partial charge in [0.05, 0.1) is 10.7 Å². The van der Waals surface area contributed by atoms with Crippen LogP contribution < -0.4 is 0 Å². The smallest absolute Gasteiger partial charge is 0.0816 e. The molecule has 20 heavy (non-hydrogen) atoms. The number of hydrogen-bond acceptors (Lipinski definition) is 1. The second-order valence-corrected chi connectivity index (χ2v) is 5.19. The second-order valence-electron chi connectivity index (χ2n) is 4.78. The minimum absolute atomic E-state index is 0.668. The van der Waals surface area contributed by atoms with Crippen molar-refractivity contribution in [1.29, 1.82) is 0 Å². The topological polar surface area (TPSA) is 17.3 Å². The molecule has 0 aliphatic heterocycles. The van der Waals surface area contributed by atoms with Crippen LogP contribution >= 0.6 is 11.6 Å². The third-order valence-electron chi connectivity index (χ3n) is 3.63. The summed E-state index contributed by atoms with van der Waals surface area (Å²) in [7, 11) is 2.07. The van der Waals surface area contributed by atoms with Crippen LogP contribution in [0.15, 0.2) is 53.5 Å². The molecule has 1 heterocycles. The summed E-state index contributed by atoms with van der Waals surface area (Å²) in [5, 5.41) is 1.88. The van der Waals surface area contributed by atoms with Crippen molar-refractivity contribution in [1.82, 2.24) is 4.57 Å². The average Bonchev–Trinajstić information content (AvgIpc) is 2.71. The van der Waals surface area contributed by atoms with Crippen LogP contribution in [0.3, 0.4) is 0 Å². The summed E-state index contributed by atoms with van der Waals surface area (Å²) < 4.78 is 2.18. The molecule has 0 atom stereocenters. The highest BCUT2D eigenvalue weighted by Gasteiger charge is 2.09. The Morgan fingerprint density at radius 1 is 1.05 bits per heavy atom. The molecule has 3 rings (SSSR count).